The fourth-order valence-corrected chi connectivity index (χ4v) is 3.75. The van der Waals surface area contributed by atoms with Crippen molar-refractivity contribution in [2.24, 2.45) is 0 Å². The predicted octanol–water partition coefficient (Wildman–Crippen LogP) is 4.73. The molecule has 1 fully saturated rings. The number of thiocarbonyl (C=S) groups is 1. The average molecular weight is 435 g/mol. The highest BCUT2D eigenvalue weighted by Crippen LogP contribution is 2.32. The fraction of sp³-hybridized carbons (Fsp3) is 0.111. The summed E-state index contributed by atoms with van der Waals surface area (Å²) in [5.41, 5.74) is 1.86. The summed E-state index contributed by atoms with van der Waals surface area (Å²) in [5.74, 6) is 0.693. The highest BCUT2D eigenvalue weighted by molar-refractivity contribution is 9.10. The summed E-state index contributed by atoms with van der Waals surface area (Å²) in [7, 11) is 1.62. The molecular weight excluding hydrogens is 420 g/mol. The number of benzene rings is 2. The number of hydrogen-bond acceptors (Lipinski definition) is 5. The Morgan fingerprint density at radius 1 is 1.20 bits per heavy atom. The van der Waals surface area contributed by atoms with Gasteiger partial charge in [0.15, 0.2) is 0 Å². The summed E-state index contributed by atoms with van der Waals surface area (Å²) in [6, 6.07) is 15.3. The molecule has 0 aromatic heterocycles. The maximum absolute atomic E-state index is 12.6. The Morgan fingerprint density at radius 2 is 1.88 bits per heavy atom. The van der Waals surface area contributed by atoms with E-state index < -0.39 is 0 Å². The Morgan fingerprint density at radius 3 is 2.52 bits per heavy atom. The first-order valence-corrected chi connectivity index (χ1v) is 9.47. The van der Waals surface area contributed by atoms with Crippen LogP contribution in [0.5, 0.6) is 5.75 Å². The molecule has 1 saturated heterocycles. The van der Waals surface area contributed by atoms with Crippen molar-refractivity contribution < 1.29 is 9.53 Å². The molecule has 128 valence electrons. The molecule has 0 bridgehead atoms. The van der Waals surface area contributed by atoms with Crippen molar-refractivity contribution in [3.8, 4) is 5.75 Å². The van der Waals surface area contributed by atoms with Gasteiger partial charge >= 0.3 is 0 Å². The molecule has 0 radical (unpaired) electrons. The molecule has 1 heterocycles. The molecule has 0 saturated carbocycles. The van der Waals surface area contributed by atoms with Crippen LogP contribution in [0.25, 0.3) is 6.08 Å². The van der Waals surface area contributed by atoms with Gasteiger partial charge in [-0.2, -0.15) is 0 Å². The maximum atomic E-state index is 12.6. The first-order chi connectivity index (χ1) is 12.1. The molecule has 1 aliphatic rings. The third-order valence-electron chi connectivity index (χ3n) is 3.57. The molecule has 0 aliphatic carbocycles. The van der Waals surface area contributed by atoms with Crippen molar-refractivity contribution >= 4 is 61.9 Å². The number of amides is 1. The van der Waals surface area contributed by atoms with E-state index in [0.29, 0.717) is 15.9 Å². The Kier molecular flexibility index (Phi) is 5.78. The van der Waals surface area contributed by atoms with Crippen LogP contribution in [-0.4, -0.2) is 28.9 Å². The third-order valence-corrected chi connectivity index (χ3v) is 5.48. The Labute approximate surface area is 164 Å². The number of halogens is 1. The smallest absolute Gasteiger partial charge is 0.267 e. The fourth-order valence-electron chi connectivity index (χ4n) is 2.23. The van der Waals surface area contributed by atoms with Crippen LogP contribution in [0.2, 0.25) is 0 Å². The minimum Gasteiger partial charge on any atom is -0.497 e. The first-order valence-electron chi connectivity index (χ1n) is 7.45. The van der Waals surface area contributed by atoms with Crippen LogP contribution < -0.4 is 10.1 Å². The highest BCUT2D eigenvalue weighted by Gasteiger charge is 2.31. The quantitative estimate of drug-likeness (QED) is 0.544. The van der Waals surface area contributed by atoms with Crippen LogP contribution in [0.1, 0.15) is 5.56 Å². The van der Waals surface area contributed by atoms with E-state index in [1.165, 1.54) is 11.8 Å². The van der Waals surface area contributed by atoms with Gasteiger partial charge < -0.3 is 10.1 Å². The number of ether oxygens (including phenoxy) is 1. The molecule has 2 aromatic carbocycles. The number of hydrogen-bond donors (Lipinski definition) is 1. The lowest BCUT2D eigenvalue weighted by Gasteiger charge is -2.16. The highest BCUT2D eigenvalue weighted by atomic mass is 79.9. The number of anilines is 1. The summed E-state index contributed by atoms with van der Waals surface area (Å²) >= 11 is 10.1. The van der Waals surface area contributed by atoms with Crippen molar-refractivity contribution in [1.29, 1.82) is 0 Å². The number of nitrogens with one attached hydrogen (secondary N) is 1. The number of carbonyl (C=O) groups excluding carboxylic acids is 1. The van der Waals surface area contributed by atoms with E-state index in [1.54, 1.807) is 12.0 Å². The molecule has 0 spiro atoms. The molecule has 0 atom stereocenters. The van der Waals surface area contributed by atoms with Gasteiger partial charge in [0, 0.05) is 10.2 Å². The monoisotopic (exact) mass is 434 g/mol. The van der Waals surface area contributed by atoms with Crippen molar-refractivity contribution in [3.63, 3.8) is 0 Å². The van der Waals surface area contributed by atoms with Gasteiger partial charge in [0.1, 0.15) is 10.1 Å². The van der Waals surface area contributed by atoms with Crippen LogP contribution >= 0.6 is 39.9 Å². The van der Waals surface area contributed by atoms with E-state index in [9.17, 15) is 4.79 Å². The van der Waals surface area contributed by atoms with E-state index in [4.69, 9.17) is 17.0 Å². The van der Waals surface area contributed by atoms with Crippen molar-refractivity contribution in [2.45, 2.75) is 0 Å². The van der Waals surface area contributed by atoms with Gasteiger partial charge in [-0.1, -0.05) is 52.0 Å². The van der Waals surface area contributed by atoms with Crippen molar-refractivity contribution in [1.82, 2.24) is 4.90 Å². The van der Waals surface area contributed by atoms with Gasteiger partial charge in [0.2, 0.25) is 0 Å². The topological polar surface area (TPSA) is 41.6 Å². The molecular formula is C18H15BrN2O2S2. The second-order valence-corrected chi connectivity index (χ2v) is 7.82. The summed E-state index contributed by atoms with van der Waals surface area (Å²) in [4.78, 5) is 14.8. The zero-order valence-electron chi connectivity index (χ0n) is 13.4. The average Bonchev–Trinajstić information content (AvgIpc) is 2.89. The van der Waals surface area contributed by atoms with Gasteiger partial charge in [-0.25, -0.2) is 0 Å². The lowest BCUT2D eigenvalue weighted by atomic mass is 10.2. The normalized spacial score (nSPS) is 15.8. The van der Waals surface area contributed by atoms with Crippen LogP contribution in [0.3, 0.4) is 0 Å². The molecule has 1 N–H and O–H groups in total. The number of nitrogens with zero attached hydrogens (tertiary/aromatic N) is 1. The summed E-state index contributed by atoms with van der Waals surface area (Å²) in [6.45, 7) is 0.340. The minimum absolute atomic E-state index is 0.0876. The van der Waals surface area contributed by atoms with Crippen LogP contribution in [0, 0.1) is 0 Å². The molecule has 3 rings (SSSR count). The van der Waals surface area contributed by atoms with Gasteiger partial charge in [0.05, 0.1) is 18.7 Å². The second kappa shape index (κ2) is 8.03. The van der Waals surface area contributed by atoms with E-state index in [-0.39, 0.29) is 5.91 Å². The van der Waals surface area contributed by atoms with E-state index in [2.05, 4.69) is 21.2 Å². The minimum atomic E-state index is -0.0876. The summed E-state index contributed by atoms with van der Waals surface area (Å²) in [5, 5.41) is 3.21. The van der Waals surface area contributed by atoms with Crippen LogP contribution in [-0.2, 0) is 4.79 Å². The van der Waals surface area contributed by atoms with Gasteiger partial charge in [-0.05, 0) is 48.0 Å². The van der Waals surface area contributed by atoms with Gasteiger partial charge in [0.25, 0.3) is 5.91 Å². The Hall–Kier alpha value is -1.83. The lowest BCUT2D eigenvalue weighted by Crippen LogP contribution is -2.33. The predicted molar refractivity (Wildman–Crippen MR) is 111 cm³/mol. The largest absolute Gasteiger partial charge is 0.497 e. The Balaban J connectivity index is 1.68. The SMILES string of the molecule is COc1ccc(/C=C2/SC(=S)N(CNc3ccc(Br)cc3)C2=O)cc1. The first kappa shape index (κ1) is 18.0. The zero-order valence-corrected chi connectivity index (χ0v) is 16.6. The van der Waals surface area contributed by atoms with Crippen LogP contribution in [0.4, 0.5) is 5.69 Å². The maximum Gasteiger partial charge on any atom is 0.267 e. The molecule has 1 amide bonds. The molecule has 25 heavy (non-hydrogen) atoms. The molecule has 4 nitrogen and oxygen atoms in total. The number of thioether (sulfide) groups is 1. The van der Waals surface area contributed by atoms with Crippen LogP contribution in [0.15, 0.2) is 57.9 Å². The standard InChI is InChI=1S/C18H15BrN2O2S2/c1-23-15-8-2-12(3-9-15)10-16-17(22)21(18(24)25-16)11-20-14-6-4-13(19)5-7-14/h2-10,20H,11H2,1H3/b16-10+. The lowest BCUT2D eigenvalue weighted by molar-refractivity contribution is -0.121. The molecule has 0 unspecified atom stereocenters. The summed E-state index contributed by atoms with van der Waals surface area (Å²) in [6.07, 6.45) is 1.85. The van der Waals surface area contributed by atoms with Gasteiger partial charge in [-0.15, -0.1) is 0 Å². The van der Waals surface area contributed by atoms with Gasteiger partial charge in [-0.3, -0.25) is 9.69 Å². The molecule has 2 aromatic rings. The molecule has 1 aliphatic heterocycles. The second-order valence-electron chi connectivity index (χ2n) is 5.22. The number of methoxy groups -OCH3 is 1. The van der Waals surface area contributed by atoms with E-state index in [1.807, 2.05) is 54.6 Å². The van der Waals surface area contributed by atoms with Crippen molar-refractivity contribution in [2.75, 3.05) is 19.1 Å². The Bertz CT molecular complexity index is 820. The van der Waals surface area contributed by atoms with E-state index in [0.717, 1.165) is 21.5 Å². The number of carbonyl (C=O) groups is 1. The zero-order chi connectivity index (χ0) is 17.8. The molecule has 7 heteroatoms. The van der Waals surface area contributed by atoms with E-state index >= 15 is 0 Å². The number of rotatable bonds is 5. The van der Waals surface area contributed by atoms with Crippen molar-refractivity contribution in [3.05, 3.63) is 63.5 Å². The summed E-state index contributed by atoms with van der Waals surface area (Å²) < 4.78 is 6.70. The third kappa shape index (κ3) is 4.42.